The molecule has 0 aromatic carbocycles. The average molecular weight is 210 g/mol. The van der Waals surface area contributed by atoms with Crippen LogP contribution < -0.4 is 0 Å². The van der Waals surface area contributed by atoms with Crippen LogP contribution in [-0.4, -0.2) is 21.8 Å². The van der Waals surface area contributed by atoms with Crippen molar-refractivity contribution in [1.29, 1.82) is 0 Å². The van der Waals surface area contributed by atoms with Crippen LogP contribution >= 0.6 is 0 Å². The third-order valence-electron chi connectivity index (χ3n) is 4.66. The Morgan fingerprint density at radius 3 is 2.80 bits per heavy atom. The molecule has 0 aliphatic heterocycles. The second-order valence-electron chi connectivity index (χ2n) is 5.18. The number of carboxylic acid groups (broad SMARTS) is 1. The van der Waals surface area contributed by atoms with Gasteiger partial charge < -0.3 is 10.2 Å². The van der Waals surface area contributed by atoms with E-state index in [1.54, 1.807) is 6.08 Å². The van der Waals surface area contributed by atoms with Crippen LogP contribution in [0, 0.1) is 11.3 Å². The van der Waals surface area contributed by atoms with Crippen molar-refractivity contribution in [1.82, 2.24) is 0 Å². The zero-order chi connectivity index (χ0) is 11.3. The fourth-order valence-electron chi connectivity index (χ4n) is 3.28. The molecule has 2 N–H and O–H groups in total. The number of aliphatic hydroxyl groups is 1. The SMILES string of the molecule is C[C@H]1CC[C@]2(O)C(C(=O)O)=CCC[C@]12C. The number of allylic oxidation sites excluding steroid dienone is 1. The Morgan fingerprint density at radius 2 is 2.20 bits per heavy atom. The molecular weight excluding hydrogens is 192 g/mol. The van der Waals surface area contributed by atoms with Gasteiger partial charge >= 0.3 is 5.97 Å². The highest BCUT2D eigenvalue weighted by Gasteiger charge is 2.59. The summed E-state index contributed by atoms with van der Waals surface area (Å²) in [5, 5.41) is 19.7. The van der Waals surface area contributed by atoms with Gasteiger partial charge in [0.25, 0.3) is 0 Å². The third kappa shape index (κ3) is 1.19. The number of rotatable bonds is 1. The van der Waals surface area contributed by atoms with Crippen molar-refractivity contribution >= 4 is 5.97 Å². The molecule has 3 atom stereocenters. The molecule has 0 unspecified atom stereocenters. The first-order valence-electron chi connectivity index (χ1n) is 5.58. The van der Waals surface area contributed by atoms with Gasteiger partial charge in [-0.25, -0.2) is 4.79 Å². The molecule has 3 nitrogen and oxygen atoms in total. The Kier molecular flexibility index (Phi) is 2.19. The van der Waals surface area contributed by atoms with Crippen LogP contribution in [0.5, 0.6) is 0 Å². The standard InChI is InChI=1S/C12H18O3/c1-8-5-7-12(15)9(10(13)14)4-3-6-11(8,12)2/h4,8,15H,3,5-7H2,1-2H3,(H,13,14)/t8-,11+,12-/m0/s1. The van der Waals surface area contributed by atoms with Crippen LogP contribution in [0.4, 0.5) is 0 Å². The molecule has 2 aliphatic carbocycles. The molecule has 0 saturated heterocycles. The van der Waals surface area contributed by atoms with Crippen LogP contribution in [-0.2, 0) is 4.79 Å². The first kappa shape index (κ1) is 10.7. The summed E-state index contributed by atoms with van der Waals surface area (Å²) in [6.07, 6.45) is 4.86. The van der Waals surface area contributed by atoms with Gasteiger partial charge in [-0.3, -0.25) is 0 Å². The zero-order valence-corrected chi connectivity index (χ0v) is 9.29. The van der Waals surface area contributed by atoms with Gasteiger partial charge in [-0.1, -0.05) is 19.9 Å². The molecule has 1 saturated carbocycles. The Balaban J connectivity index is 2.48. The van der Waals surface area contributed by atoms with E-state index in [2.05, 4.69) is 6.92 Å². The maximum absolute atomic E-state index is 11.1. The second kappa shape index (κ2) is 3.08. The topological polar surface area (TPSA) is 57.5 Å². The molecule has 2 aliphatic rings. The second-order valence-corrected chi connectivity index (χ2v) is 5.18. The van der Waals surface area contributed by atoms with E-state index in [1.807, 2.05) is 6.92 Å². The van der Waals surface area contributed by atoms with Crippen LogP contribution in [0.25, 0.3) is 0 Å². The number of hydrogen-bond donors (Lipinski definition) is 2. The summed E-state index contributed by atoms with van der Waals surface area (Å²) in [4.78, 5) is 11.1. The summed E-state index contributed by atoms with van der Waals surface area (Å²) in [6, 6.07) is 0. The minimum atomic E-state index is -1.10. The lowest BCUT2D eigenvalue weighted by molar-refractivity contribution is -0.139. The summed E-state index contributed by atoms with van der Waals surface area (Å²) in [5.74, 6) is -0.567. The van der Waals surface area contributed by atoms with Gasteiger partial charge in [0.15, 0.2) is 0 Å². The van der Waals surface area contributed by atoms with Crippen molar-refractivity contribution in [2.75, 3.05) is 0 Å². The summed E-state index contributed by atoms with van der Waals surface area (Å²) in [7, 11) is 0. The smallest absolute Gasteiger partial charge is 0.334 e. The number of fused-ring (bicyclic) bond motifs is 1. The van der Waals surface area contributed by atoms with E-state index in [-0.39, 0.29) is 11.0 Å². The first-order valence-corrected chi connectivity index (χ1v) is 5.58. The monoisotopic (exact) mass is 210 g/mol. The third-order valence-corrected chi connectivity index (χ3v) is 4.66. The van der Waals surface area contributed by atoms with Crippen molar-refractivity contribution in [3.63, 3.8) is 0 Å². The largest absolute Gasteiger partial charge is 0.478 e. The Labute approximate surface area is 89.8 Å². The van der Waals surface area contributed by atoms with E-state index in [9.17, 15) is 9.90 Å². The summed E-state index contributed by atoms with van der Waals surface area (Å²) >= 11 is 0. The quantitative estimate of drug-likeness (QED) is 0.695. The Hall–Kier alpha value is -0.830. The molecular formula is C12H18O3. The molecule has 84 valence electrons. The molecule has 2 rings (SSSR count). The summed E-state index contributed by atoms with van der Waals surface area (Å²) in [6.45, 7) is 4.14. The first-order chi connectivity index (χ1) is 6.92. The normalized spacial score (nSPS) is 44.7. The molecule has 3 heteroatoms. The number of carbonyl (C=O) groups is 1. The van der Waals surface area contributed by atoms with Crippen molar-refractivity contribution in [3.8, 4) is 0 Å². The van der Waals surface area contributed by atoms with Crippen molar-refractivity contribution in [2.24, 2.45) is 11.3 Å². The van der Waals surface area contributed by atoms with Crippen LogP contribution in [0.3, 0.4) is 0 Å². The number of carboxylic acids is 1. The van der Waals surface area contributed by atoms with Gasteiger partial charge in [-0.15, -0.1) is 0 Å². The number of hydrogen-bond acceptors (Lipinski definition) is 2. The van der Waals surface area contributed by atoms with E-state index in [0.29, 0.717) is 12.3 Å². The lowest BCUT2D eigenvalue weighted by Gasteiger charge is -2.45. The van der Waals surface area contributed by atoms with Crippen LogP contribution in [0.15, 0.2) is 11.6 Å². The highest BCUT2D eigenvalue weighted by Crippen LogP contribution is 2.58. The lowest BCUT2D eigenvalue weighted by Crippen LogP contribution is -2.49. The predicted molar refractivity (Wildman–Crippen MR) is 56.4 cm³/mol. The van der Waals surface area contributed by atoms with Gasteiger partial charge in [-0.05, 0) is 31.6 Å². The van der Waals surface area contributed by atoms with E-state index >= 15 is 0 Å². The van der Waals surface area contributed by atoms with Crippen molar-refractivity contribution in [3.05, 3.63) is 11.6 Å². The molecule has 0 spiro atoms. The highest BCUT2D eigenvalue weighted by atomic mass is 16.4. The van der Waals surface area contributed by atoms with Gasteiger partial charge in [0.2, 0.25) is 0 Å². The summed E-state index contributed by atoms with van der Waals surface area (Å²) < 4.78 is 0. The maximum atomic E-state index is 11.1. The van der Waals surface area contributed by atoms with Gasteiger partial charge in [0, 0.05) is 5.41 Å². The fraction of sp³-hybridized carbons (Fsp3) is 0.750. The Bertz CT molecular complexity index is 334. The van der Waals surface area contributed by atoms with Crippen molar-refractivity contribution in [2.45, 2.75) is 45.1 Å². The average Bonchev–Trinajstić information content (AvgIpc) is 2.40. The number of aliphatic carboxylic acids is 1. The molecule has 15 heavy (non-hydrogen) atoms. The molecule has 0 heterocycles. The van der Waals surface area contributed by atoms with Gasteiger partial charge in [-0.2, -0.15) is 0 Å². The predicted octanol–water partition coefficient (Wildman–Crippen LogP) is 1.96. The van der Waals surface area contributed by atoms with Crippen LogP contribution in [0.2, 0.25) is 0 Å². The summed E-state index contributed by atoms with van der Waals surface area (Å²) in [5.41, 5.74) is -1.13. The van der Waals surface area contributed by atoms with Gasteiger partial charge in [0.05, 0.1) is 5.57 Å². The van der Waals surface area contributed by atoms with Crippen molar-refractivity contribution < 1.29 is 15.0 Å². The van der Waals surface area contributed by atoms with E-state index in [1.165, 1.54) is 0 Å². The maximum Gasteiger partial charge on any atom is 0.334 e. The van der Waals surface area contributed by atoms with E-state index < -0.39 is 11.6 Å². The Morgan fingerprint density at radius 1 is 1.53 bits per heavy atom. The van der Waals surface area contributed by atoms with E-state index in [0.717, 1.165) is 19.3 Å². The molecule has 0 radical (unpaired) electrons. The van der Waals surface area contributed by atoms with E-state index in [4.69, 9.17) is 5.11 Å². The molecule has 0 aromatic rings. The zero-order valence-electron chi connectivity index (χ0n) is 9.29. The molecule has 0 aromatic heterocycles. The molecule has 1 fully saturated rings. The van der Waals surface area contributed by atoms with Gasteiger partial charge in [0.1, 0.15) is 5.60 Å². The molecule has 0 bridgehead atoms. The highest BCUT2D eigenvalue weighted by molar-refractivity contribution is 5.89. The fourth-order valence-corrected chi connectivity index (χ4v) is 3.28. The minimum absolute atomic E-state index is 0.223. The van der Waals surface area contributed by atoms with Crippen LogP contribution in [0.1, 0.15) is 39.5 Å². The lowest BCUT2D eigenvalue weighted by atomic mass is 9.62. The minimum Gasteiger partial charge on any atom is -0.478 e. The molecule has 0 amide bonds.